The molecule has 0 unspecified atom stereocenters. The van der Waals surface area contributed by atoms with Gasteiger partial charge in [-0.05, 0) is 60.7 Å². The zero-order valence-electron chi connectivity index (χ0n) is 18.2. The number of ether oxygens (including phenoxy) is 4. The summed E-state index contributed by atoms with van der Waals surface area (Å²) in [6.07, 6.45) is 1.37. The van der Waals surface area contributed by atoms with Gasteiger partial charge in [0.05, 0.1) is 26.0 Å². The maximum atomic E-state index is 12.7. The molecule has 0 aliphatic heterocycles. The van der Waals surface area contributed by atoms with Crippen molar-refractivity contribution in [2.75, 3.05) is 20.8 Å². The van der Waals surface area contributed by atoms with Gasteiger partial charge < -0.3 is 18.9 Å². The first-order chi connectivity index (χ1) is 16.4. The molecular weight excluding hydrogens is 572 g/mol. The van der Waals surface area contributed by atoms with Crippen LogP contribution in [-0.2, 0) is 4.79 Å². The van der Waals surface area contributed by atoms with Gasteiger partial charge in [0.1, 0.15) is 11.5 Å². The smallest absolute Gasteiger partial charge is 0.343 e. The molecule has 1 amide bonds. The molecule has 10 heteroatoms. The molecule has 0 aromatic heterocycles. The lowest BCUT2D eigenvalue weighted by molar-refractivity contribution is -0.123. The maximum Gasteiger partial charge on any atom is 0.343 e. The summed E-state index contributed by atoms with van der Waals surface area (Å²) in [5.74, 6) is 0.673. The quantitative estimate of drug-likeness (QED) is 0.163. The SMILES string of the molecule is COc1ccc(C(=O)Oc2ccc(Br)cc2C=NNC(=O)COc2ccc(Br)cc2)cc1OC. The van der Waals surface area contributed by atoms with E-state index in [4.69, 9.17) is 18.9 Å². The standard InChI is InChI=1S/C24H20Br2N2O6/c1-31-21-9-3-15(12-22(21)32-2)24(30)34-20-10-6-18(26)11-16(20)13-27-28-23(29)14-33-19-7-4-17(25)5-8-19/h3-13H,14H2,1-2H3,(H,28,29). The van der Waals surface area contributed by atoms with Crippen molar-refractivity contribution in [3.05, 3.63) is 80.7 Å². The molecule has 8 nitrogen and oxygen atoms in total. The summed E-state index contributed by atoms with van der Waals surface area (Å²) in [6.45, 7) is -0.210. The number of hydrogen-bond donors (Lipinski definition) is 1. The van der Waals surface area contributed by atoms with Crippen LogP contribution in [0.1, 0.15) is 15.9 Å². The third-order valence-corrected chi connectivity index (χ3v) is 5.39. The molecule has 0 atom stereocenters. The van der Waals surface area contributed by atoms with Crippen molar-refractivity contribution >= 4 is 50.0 Å². The Hall–Kier alpha value is -3.37. The Labute approximate surface area is 213 Å². The van der Waals surface area contributed by atoms with Gasteiger partial charge in [-0.3, -0.25) is 4.79 Å². The number of rotatable bonds is 9. The Balaban J connectivity index is 1.65. The van der Waals surface area contributed by atoms with E-state index in [1.165, 1.54) is 26.5 Å². The van der Waals surface area contributed by atoms with E-state index < -0.39 is 11.9 Å². The highest BCUT2D eigenvalue weighted by Crippen LogP contribution is 2.29. The number of amides is 1. The second-order valence-electron chi connectivity index (χ2n) is 6.68. The molecule has 3 rings (SSSR count). The number of nitrogens with one attached hydrogen (secondary N) is 1. The van der Waals surface area contributed by atoms with Gasteiger partial charge in [-0.2, -0.15) is 5.10 Å². The second kappa shape index (κ2) is 12.2. The predicted molar refractivity (Wildman–Crippen MR) is 134 cm³/mol. The molecule has 0 spiro atoms. The molecule has 176 valence electrons. The van der Waals surface area contributed by atoms with E-state index >= 15 is 0 Å². The zero-order chi connectivity index (χ0) is 24.5. The number of hydrogen-bond acceptors (Lipinski definition) is 7. The van der Waals surface area contributed by atoms with Crippen LogP contribution in [0.5, 0.6) is 23.0 Å². The van der Waals surface area contributed by atoms with Crippen LogP contribution in [0.4, 0.5) is 0 Å². The van der Waals surface area contributed by atoms with Crippen molar-refractivity contribution < 1.29 is 28.5 Å². The Kier molecular flexibility index (Phi) is 9.06. The van der Waals surface area contributed by atoms with Gasteiger partial charge >= 0.3 is 5.97 Å². The summed E-state index contributed by atoms with van der Waals surface area (Å²) in [5.41, 5.74) is 3.13. The molecule has 0 heterocycles. The van der Waals surface area contributed by atoms with E-state index in [0.29, 0.717) is 22.8 Å². The molecule has 3 aromatic carbocycles. The number of halogens is 2. The highest BCUT2D eigenvalue weighted by atomic mass is 79.9. The lowest BCUT2D eigenvalue weighted by Crippen LogP contribution is -2.24. The molecule has 0 fully saturated rings. The molecule has 0 aliphatic carbocycles. The first kappa shape index (κ1) is 25.3. The van der Waals surface area contributed by atoms with Gasteiger partial charge in [-0.15, -0.1) is 0 Å². The largest absolute Gasteiger partial charge is 0.493 e. The number of benzene rings is 3. The van der Waals surface area contributed by atoms with Crippen molar-refractivity contribution in [3.8, 4) is 23.0 Å². The van der Waals surface area contributed by atoms with Crippen molar-refractivity contribution in [1.82, 2.24) is 5.43 Å². The molecule has 0 aliphatic rings. The minimum absolute atomic E-state index is 0.210. The molecule has 0 radical (unpaired) electrons. The minimum atomic E-state index is -0.593. The first-order valence-corrected chi connectivity index (χ1v) is 11.4. The molecule has 0 bridgehead atoms. The number of nitrogens with zero attached hydrogens (tertiary/aromatic N) is 1. The fourth-order valence-corrected chi connectivity index (χ4v) is 3.36. The van der Waals surface area contributed by atoms with Crippen LogP contribution in [0, 0.1) is 0 Å². The Morgan fingerprint density at radius 2 is 1.56 bits per heavy atom. The predicted octanol–water partition coefficient (Wildman–Crippen LogP) is 4.98. The number of esters is 1. The fraction of sp³-hybridized carbons (Fsp3) is 0.125. The fourth-order valence-electron chi connectivity index (χ4n) is 2.72. The van der Waals surface area contributed by atoms with Gasteiger partial charge in [0.15, 0.2) is 18.1 Å². The van der Waals surface area contributed by atoms with Crippen LogP contribution in [0.3, 0.4) is 0 Å². The van der Waals surface area contributed by atoms with Gasteiger partial charge in [0.2, 0.25) is 0 Å². The number of carbonyl (C=O) groups excluding carboxylic acids is 2. The average Bonchev–Trinajstić information content (AvgIpc) is 2.84. The lowest BCUT2D eigenvalue weighted by Gasteiger charge is -2.11. The lowest BCUT2D eigenvalue weighted by atomic mass is 10.2. The summed E-state index contributed by atoms with van der Waals surface area (Å²) in [5, 5.41) is 3.94. The summed E-state index contributed by atoms with van der Waals surface area (Å²) >= 11 is 6.71. The maximum absolute atomic E-state index is 12.7. The van der Waals surface area contributed by atoms with Gasteiger partial charge in [0, 0.05) is 14.5 Å². The highest BCUT2D eigenvalue weighted by Gasteiger charge is 2.15. The Morgan fingerprint density at radius 3 is 2.26 bits per heavy atom. The third-order valence-electron chi connectivity index (χ3n) is 4.37. The van der Waals surface area contributed by atoms with Crippen molar-refractivity contribution in [2.45, 2.75) is 0 Å². The number of carbonyl (C=O) groups is 2. The summed E-state index contributed by atoms with van der Waals surface area (Å²) in [4.78, 5) is 24.7. The summed E-state index contributed by atoms with van der Waals surface area (Å²) < 4.78 is 23.0. The van der Waals surface area contributed by atoms with Crippen LogP contribution in [0.25, 0.3) is 0 Å². The molecular formula is C24H20Br2N2O6. The van der Waals surface area contributed by atoms with Crippen molar-refractivity contribution in [1.29, 1.82) is 0 Å². The van der Waals surface area contributed by atoms with E-state index in [-0.39, 0.29) is 17.9 Å². The normalized spacial score (nSPS) is 10.6. The summed E-state index contributed by atoms with van der Waals surface area (Å²) in [6, 6.07) is 16.8. The first-order valence-electron chi connectivity index (χ1n) is 9.83. The van der Waals surface area contributed by atoms with Gasteiger partial charge in [0.25, 0.3) is 5.91 Å². The Morgan fingerprint density at radius 1 is 0.882 bits per heavy atom. The van der Waals surface area contributed by atoms with Crippen LogP contribution in [0.2, 0.25) is 0 Å². The van der Waals surface area contributed by atoms with Gasteiger partial charge in [-0.25, -0.2) is 10.2 Å². The Bertz CT molecular complexity index is 1200. The second-order valence-corrected chi connectivity index (χ2v) is 8.51. The van der Waals surface area contributed by atoms with Crippen LogP contribution in [-0.4, -0.2) is 38.9 Å². The number of hydrazone groups is 1. The van der Waals surface area contributed by atoms with Crippen molar-refractivity contribution in [2.24, 2.45) is 5.10 Å². The molecule has 0 saturated carbocycles. The number of methoxy groups -OCH3 is 2. The van der Waals surface area contributed by atoms with E-state index in [1.807, 2.05) is 12.1 Å². The monoisotopic (exact) mass is 590 g/mol. The van der Waals surface area contributed by atoms with Crippen LogP contribution < -0.4 is 24.4 Å². The van der Waals surface area contributed by atoms with Crippen LogP contribution in [0.15, 0.2) is 74.7 Å². The van der Waals surface area contributed by atoms with E-state index in [2.05, 4.69) is 42.4 Å². The highest BCUT2D eigenvalue weighted by molar-refractivity contribution is 9.10. The molecule has 3 aromatic rings. The van der Waals surface area contributed by atoms with E-state index in [1.54, 1.807) is 42.5 Å². The average molecular weight is 592 g/mol. The molecule has 1 N–H and O–H groups in total. The van der Waals surface area contributed by atoms with Gasteiger partial charge in [-0.1, -0.05) is 31.9 Å². The summed E-state index contributed by atoms with van der Waals surface area (Å²) in [7, 11) is 2.99. The third kappa shape index (κ3) is 7.06. The van der Waals surface area contributed by atoms with E-state index in [9.17, 15) is 9.59 Å². The van der Waals surface area contributed by atoms with E-state index in [0.717, 1.165) is 8.95 Å². The van der Waals surface area contributed by atoms with Crippen LogP contribution >= 0.6 is 31.9 Å². The topological polar surface area (TPSA) is 95.5 Å². The minimum Gasteiger partial charge on any atom is -0.493 e. The zero-order valence-corrected chi connectivity index (χ0v) is 21.4. The van der Waals surface area contributed by atoms with Crippen molar-refractivity contribution in [3.63, 3.8) is 0 Å². The molecule has 34 heavy (non-hydrogen) atoms. The molecule has 0 saturated heterocycles.